The summed E-state index contributed by atoms with van der Waals surface area (Å²) in [6.07, 6.45) is -12.2. The Hall–Kier alpha value is -2.26. The lowest BCUT2D eigenvalue weighted by Gasteiger charge is -2.20. The number of hydrogen-bond acceptors (Lipinski definition) is 3. The predicted octanol–water partition coefficient (Wildman–Crippen LogP) is 2.51. The number of hydrogen-bond donors (Lipinski definition) is 1. The largest absolute Gasteiger partial charge is 0.490 e. The number of benzene rings is 1. The Bertz CT molecular complexity index is 526. The van der Waals surface area contributed by atoms with E-state index in [-0.39, 0.29) is 5.56 Å². The number of alkyl halides is 6. The van der Waals surface area contributed by atoms with Crippen LogP contribution in [0.4, 0.5) is 26.3 Å². The highest BCUT2D eigenvalue weighted by Crippen LogP contribution is 2.24. The van der Waals surface area contributed by atoms with Gasteiger partial charge in [-0.3, -0.25) is 4.79 Å². The lowest BCUT2D eigenvalue weighted by molar-refractivity contribution is -0.205. The van der Waals surface area contributed by atoms with Crippen LogP contribution in [-0.2, 0) is 14.3 Å². The Morgan fingerprint density at radius 3 is 2.00 bits per heavy atom. The number of nitrogens with one attached hydrogen (secondary N) is 1. The third-order valence-electron chi connectivity index (χ3n) is 2.36. The summed E-state index contributed by atoms with van der Waals surface area (Å²) in [5.41, 5.74) is 0.00238. The number of esters is 1. The summed E-state index contributed by atoms with van der Waals surface area (Å²) in [6, 6.07) is 6.76. The van der Waals surface area contributed by atoms with Crippen LogP contribution in [0.3, 0.4) is 0 Å². The maximum atomic E-state index is 12.2. The molecule has 1 amide bonds. The molecular weight excluding hydrogens is 320 g/mol. The molecule has 0 spiro atoms. The van der Waals surface area contributed by atoms with Gasteiger partial charge in [-0.2, -0.15) is 26.3 Å². The molecule has 0 aliphatic heterocycles. The zero-order valence-electron chi connectivity index (χ0n) is 10.7. The van der Waals surface area contributed by atoms with E-state index in [2.05, 4.69) is 4.74 Å². The van der Waals surface area contributed by atoms with E-state index in [1.54, 1.807) is 0 Å². The fourth-order valence-corrected chi connectivity index (χ4v) is 1.38. The molecule has 10 heteroatoms. The Kier molecular flexibility index (Phi) is 5.39. The standard InChI is InChI=1S/C12H9F6NO3/c13-11(14,15)9(20)19-6-8(7-4-2-1-3-5-7)22-10(21)12(16,17)18/h1-5,8H,6H2,(H,19,20). The Morgan fingerprint density at radius 2 is 1.55 bits per heavy atom. The molecule has 0 aliphatic carbocycles. The second-order valence-electron chi connectivity index (χ2n) is 4.01. The maximum absolute atomic E-state index is 12.2. The van der Waals surface area contributed by atoms with Crippen LogP contribution in [0.5, 0.6) is 0 Å². The normalized spacial score (nSPS) is 13.4. The van der Waals surface area contributed by atoms with Crippen molar-refractivity contribution in [2.24, 2.45) is 0 Å². The molecule has 0 saturated carbocycles. The van der Waals surface area contributed by atoms with Crippen molar-refractivity contribution in [2.75, 3.05) is 6.54 Å². The van der Waals surface area contributed by atoms with Crippen LogP contribution < -0.4 is 5.32 Å². The van der Waals surface area contributed by atoms with Crippen LogP contribution in [0.2, 0.25) is 0 Å². The first-order chi connectivity index (χ1) is 10.0. The molecule has 1 aromatic carbocycles. The molecule has 0 aromatic heterocycles. The van der Waals surface area contributed by atoms with E-state index in [4.69, 9.17) is 0 Å². The number of halogens is 6. The molecule has 1 unspecified atom stereocenters. The average Bonchev–Trinajstić information content (AvgIpc) is 2.41. The lowest BCUT2D eigenvalue weighted by atomic mass is 10.1. The Balaban J connectivity index is 2.85. The van der Waals surface area contributed by atoms with Crippen molar-refractivity contribution in [3.05, 3.63) is 35.9 Å². The minimum absolute atomic E-state index is 0.00238. The van der Waals surface area contributed by atoms with Crippen molar-refractivity contribution < 1.29 is 40.7 Å². The van der Waals surface area contributed by atoms with Crippen molar-refractivity contribution in [1.82, 2.24) is 5.32 Å². The van der Waals surface area contributed by atoms with Gasteiger partial charge in [0.15, 0.2) is 0 Å². The fourth-order valence-electron chi connectivity index (χ4n) is 1.38. The molecule has 1 rings (SSSR count). The van der Waals surface area contributed by atoms with Gasteiger partial charge in [-0.15, -0.1) is 0 Å². The van der Waals surface area contributed by atoms with Gasteiger partial charge in [-0.1, -0.05) is 30.3 Å². The number of carbonyl (C=O) groups excluding carboxylic acids is 2. The van der Waals surface area contributed by atoms with E-state index >= 15 is 0 Å². The molecule has 1 atom stereocenters. The number of ether oxygens (including phenoxy) is 1. The van der Waals surface area contributed by atoms with Gasteiger partial charge in [-0.05, 0) is 5.56 Å². The van der Waals surface area contributed by atoms with E-state index in [1.165, 1.54) is 35.6 Å². The molecule has 0 heterocycles. The Labute approximate surface area is 120 Å². The first-order valence-corrected chi connectivity index (χ1v) is 5.69. The van der Waals surface area contributed by atoms with Crippen LogP contribution in [0.25, 0.3) is 0 Å². The van der Waals surface area contributed by atoms with Crippen LogP contribution in [0.15, 0.2) is 30.3 Å². The van der Waals surface area contributed by atoms with E-state index in [0.717, 1.165) is 0 Å². The molecule has 1 N–H and O–H groups in total. The van der Waals surface area contributed by atoms with Crippen LogP contribution in [-0.4, -0.2) is 30.8 Å². The van der Waals surface area contributed by atoms with Gasteiger partial charge < -0.3 is 10.1 Å². The van der Waals surface area contributed by atoms with Crippen molar-refractivity contribution in [3.8, 4) is 0 Å². The molecule has 22 heavy (non-hydrogen) atoms. The van der Waals surface area contributed by atoms with Crippen molar-refractivity contribution in [1.29, 1.82) is 0 Å². The minimum Gasteiger partial charge on any atom is -0.449 e. The zero-order chi connectivity index (χ0) is 17.0. The van der Waals surface area contributed by atoms with Crippen LogP contribution in [0.1, 0.15) is 11.7 Å². The van der Waals surface area contributed by atoms with E-state index < -0.39 is 36.9 Å². The summed E-state index contributed by atoms with van der Waals surface area (Å²) >= 11 is 0. The first-order valence-electron chi connectivity index (χ1n) is 5.69. The SMILES string of the molecule is O=C(NCC(OC(=O)C(F)(F)F)c1ccccc1)C(F)(F)F. The van der Waals surface area contributed by atoms with Crippen molar-refractivity contribution in [2.45, 2.75) is 18.5 Å². The average molecular weight is 329 g/mol. The smallest absolute Gasteiger partial charge is 0.449 e. The highest BCUT2D eigenvalue weighted by Gasteiger charge is 2.43. The van der Waals surface area contributed by atoms with Crippen molar-refractivity contribution >= 4 is 11.9 Å². The van der Waals surface area contributed by atoms with Crippen molar-refractivity contribution in [3.63, 3.8) is 0 Å². The molecule has 0 fully saturated rings. The van der Waals surface area contributed by atoms with Gasteiger partial charge in [0.2, 0.25) is 0 Å². The zero-order valence-corrected chi connectivity index (χ0v) is 10.7. The second kappa shape index (κ2) is 6.67. The molecular formula is C12H9F6NO3. The van der Waals surface area contributed by atoms with Gasteiger partial charge >= 0.3 is 24.2 Å². The van der Waals surface area contributed by atoms with Gasteiger partial charge in [-0.25, -0.2) is 4.79 Å². The molecule has 0 radical (unpaired) electrons. The molecule has 0 saturated heterocycles. The van der Waals surface area contributed by atoms with Gasteiger partial charge in [0.05, 0.1) is 6.54 Å². The molecule has 4 nitrogen and oxygen atoms in total. The highest BCUT2D eigenvalue weighted by molar-refractivity contribution is 5.81. The second-order valence-corrected chi connectivity index (χ2v) is 4.01. The molecule has 1 aromatic rings. The molecule has 0 aliphatic rings. The minimum atomic E-state index is -5.30. The molecule has 122 valence electrons. The summed E-state index contributed by atoms with van der Waals surface area (Å²) < 4.78 is 76.8. The lowest BCUT2D eigenvalue weighted by Crippen LogP contribution is -2.40. The topological polar surface area (TPSA) is 55.4 Å². The van der Waals surface area contributed by atoms with Gasteiger partial charge in [0, 0.05) is 0 Å². The number of amides is 1. The Morgan fingerprint density at radius 1 is 1.00 bits per heavy atom. The van der Waals surface area contributed by atoms with Crippen LogP contribution in [0, 0.1) is 0 Å². The van der Waals surface area contributed by atoms with Gasteiger partial charge in [0.25, 0.3) is 0 Å². The summed E-state index contributed by atoms with van der Waals surface area (Å²) in [5, 5.41) is 1.37. The molecule has 0 bridgehead atoms. The summed E-state index contributed by atoms with van der Waals surface area (Å²) in [6.45, 7) is -0.954. The van der Waals surface area contributed by atoms with E-state index in [0.29, 0.717) is 0 Å². The van der Waals surface area contributed by atoms with E-state index in [9.17, 15) is 35.9 Å². The van der Waals surface area contributed by atoms with Crippen LogP contribution >= 0.6 is 0 Å². The predicted molar refractivity (Wildman–Crippen MR) is 60.4 cm³/mol. The first kappa shape index (κ1) is 17.8. The third kappa shape index (κ3) is 5.26. The maximum Gasteiger partial charge on any atom is 0.490 e. The monoisotopic (exact) mass is 329 g/mol. The summed E-state index contributed by atoms with van der Waals surface area (Å²) in [5.74, 6) is -4.92. The van der Waals surface area contributed by atoms with Gasteiger partial charge in [0.1, 0.15) is 6.10 Å². The fraction of sp³-hybridized carbons (Fsp3) is 0.333. The highest BCUT2D eigenvalue weighted by atomic mass is 19.4. The van der Waals surface area contributed by atoms with E-state index in [1.807, 2.05) is 0 Å². The quantitative estimate of drug-likeness (QED) is 0.682. The summed E-state index contributed by atoms with van der Waals surface area (Å²) in [7, 11) is 0. The number of rotatable bonds is 4. The number of carbonyl (C=O) groups is 2. The summed E-state index contributed by atoms with van der Waals surface area (Å²) in [4.78, 5) is 21.5. The third-order valence-corrected chi connectivity index (χ3v) is 2.36.